The average molecular weight is 375 g/mol. The standard InChI is InChI=1S/C20H25NO4S/c1-24-19-13-10-17(14-20(19)25-2)21-26(22,23)18-11-8-16(9-12-18)15-6-4-3-5-7-15/h8-15,21H,3-7H2,1-2H3. The maximum atomic E-state index is 12.7. The second kappa shape index (κ2) is 7.99. The molecule has 3 rings (SSSR count). The number of anilines is 1. The molecule has 2 aromatic carbocycles. The number of sulfonamides is 1. The summed E-state index contributed by atoms with van der Waals surface area (Å²) in [5.41, 5.74) is 1.66. The summed E-state index contributed by atoms with van der Waals surface area (Å²) in [4.78, 5) is 0.256. The zero-order chi connectivity index (χ0) is 18.6. The molecule has 0 heterocycles. The maximum Gasteiger partial charge on any atom is 0.261 e. The van der Waals surface area contributed by atoms with Crippen LogP contribution in [0.2, 0.25) is 0 Å². The van der Waals surface area contributed by atoms with Gasteiger partial charge in [0.25, 0.3) is 10.0 Å². The van der Waals surface area contributed by atoms with Crippen molar-refractivity contribution in [2.24, 2.45) is 0 Å². The largest absolute Gasteiger partial charge is 0.493 e. The van der Waals surface area contributed by atoms with Crippen molar-refractivity contribution in [1.82, 2.24) is 0 Å². The normalized spacial score (nSPS) is 15.5. The molecule has 1 saturated carbocycles. The number of nitrogens with one attached hydrogen (secondary N) is 1. The van der Waals surface area contributed by atoms with Gasteiger partial charge in [0.2, 0.25) is 0 Å². The van der Waals surface area contributed by atoms with Crippen molar-refractivity contribution in [1.29, 1.82) is 0 Å². The highest BCUT2D eigenvalue weighted by Gasteiger charge is 2.18. The van der Waals surface area contributed by atoms with E-state index < -0.39 is 10.0 Å². The number of benzene rings is 2. The Kier molecular flexibility index (Phi) is 5.71. The fourth-order valence-corrected chi connectivity index (χ4v) is 4.52. The van der Waals surface area contributed by atoms with Crippen LogP contribution in [0.5, 0.6) is 11.5 Å². The summed E-state index contributed by atoms with van der Waals surface area (Å²) >= 11 is 0. The van der Waals surface area contributed by atoms with Crippen LogP contribution in [0, 0.1) is 0 Å². The predicted octanol–water partition coefficient (Wildman–Crippen LogP) is 4.55. The summed E-state index contributed by atoms with van der Waals surface area (Å²) in [7, 11) is -0.600. The molecule has 0 spiro atoms. The van der Waals surface area contributed by atoms with Gasteiger partial charge in [-0.3, -0.25) is 4.72 Å². The molecule has 0 amide bonds. The molecule has 1 N–H and O–H groups in total. The van der Waals surface area contributed by atoms with Gasteiger partial charge in [0.1, 0.15) is 0 Å². The smallest absolute Gasteiger partial charge is 0.261 e. The first kappa shape index (κ1) is 18.6. The lowest BCUT2D eigenvalue weighted by molar-refractivity contribution is 0.355. The van der Waals surface area contributed by atoms with E-state index in [0.29, 0.717) is 23.1 Å². The fraction of sp³-hybridized carbons (Fsp3) is 0.400. The van der Waals surface area contributed by atoms with E-state index in [-0.39, 0.29) is 4.90 Å². The molecule has 0 saturated heterocycles. The van der Waals surface area contributed by atoms with E-state index in [0.717, 1.165) is 0 Å². The van der Waals surface area contributed by atoms with Crippen molar-refractivity contribution in [2.45, 2.75) is 42.9 Å². The van der Waals surface area contributed by atoms with Crippen LogP contribution in [0.1, 0.15) is 43.6 Å². The zero-order valence-electron chi connectivity index (χ0n) is 15.2. The molecule has 0 aromatic heterocycles. The Labute approximate surface area is 155 Å². The van der Waals surface area contributed by atoms with Gasteiger partial charge in [0.05, 0.1) is 24.8 Å². The van der Waals surface area contributed by atoms with Gasteiger partial charge in [-0.2, -0.15) is 0 Å². The molecule has 5 nitrogen and oxygen atoms in total. The van der Waals surface area contributed by atoms with Crippen molar-refractivity contribution in [3.8, 4) is 11.5 Å². The summed E-state index contributed by atoms with van der Waals surface area (Å²) in [6, 6.07) is 12.2. The molecule has 0 unspecified atom stereocenters. The first-order valence-electron chi connectivity index (χ1n) is 8.88. The third-order valence-electron chi connectivity index (χ3n) is 4.90. The molecule has 0 radical (unpaired) electrons. The van der Waals surface area contributed by atoms with Crippen LogP contribution < -0.4 is 14.2 Å². The molecular weight excluding hydrogens is 350 g/mol. The minimum atomic E-state index is -3.65. The summed E-state index contributed by atoms with van der Waals surface area (Å²) in [5.74, 6) is 1.58. The molecule has 1 aliphatic carbocycles. The van der Waals surface area contributed by atoms with Crippen molar-refractivity contribution in [2.75, 3.05) is 18.9 Å². The monoisotopic (exact) mass is 375 g/mol. The quantitative estimate of drug-likeness (QED) is 0.804. The summed E-state index contributed by atoms with van der Waals surface area (Å²) in [6.45, 7) is 0. The highest BCUT2D eigenvalue weighted by molar-refractivity contribution is 7.92. The molecule has 1 aliphatic rings. The number of hydrogen-bond acceptors (Lipinski definition) is 4. The zero-order valence-corrected chi connectivity index (χ0v) is 16.0. The van der Waals surface area contributed by atoms with Gasteiger partial charge in [-0.1, -0.05) is 31.4 Å². The van der Waals surface area contributed by atoms with E-state index in [4.69, 9.17) is 9.47 Å². The highest BCUT2D eigenvalue weighted by atomic mass is 32.2. The number of ether oxygens (including phenoxy) is 2. The van der Waals surface area contributed by atoms with Crippen LogP contribution in [-0.2, 0) is 10.0 Å². The van der Waals surface area contributed by atoms with E-state index >= 15 is 0 Å². The molecule has 0 bridgehead atoms. The lowest BCUT2D eigenvalue weighted by atomic mass is 9.84. The summed E-state index contributed by atoms with van der Waals surface area (Å²) in [5, 5.41) is 0. The third-order valence-corrected chi connectivity index (χ3v) is 6.30. The first-order valence-corrected chi connectivity index (χ1v) is 10.4. The van der Waals surface area contributed by atoms with Gasteiger partial charge in [-0.05, 0) is 48.6 Å². The predicted molar refractivity (Wildman–Crippen MR) is 103 cm³/mol. The van der Waals surface area contributed by atoms with E-state index in [1.165, 1.54) is 51.9 Å². The van der Waals surface area contributed by atoms with E-state index in [1.54, 1.807) is 30.3 Å². The molecule has 2 aromatic rings. The summed E-state index contributed by atoms with van der Waals surface area (Å²) in [6.07, 6.45) is 6.20. The Hall–Kier alpha value is -2.21. The Morgan fingerprint density at radius 1 is 0.885 bits per heavy atom. The molecular formula is C20H25NO4S. The lowest BCUT2D eigenvalue weighted by Crippen LogP contribution is -2.13. The van der Waals surface area contributed by atoms with Crippen LogP contribution in [0.3, 0.4) is 0 Å². The molecule has 140 valence electrons. The van der Waals surface area contributed by atoms with Gasteiger partial charge in [-0.15, -0.1) is 0 Å². The van der Waals surface area contributed by atoms with Crippen molar-refractivity contribution >= 4 is 15.7 Å². The molecule has 0 aliphatic heterocycles. The Morgan fingerprint density at radius 3 is 2.15 bits per heavy atom. The molecule has 6 heteroatoms. The van der Waals surface area contributed by atoms with Crippen LogP contribution in [0.4, 0.5) is 5.69 Å². The topological polar surface area (TPSA) is 64.6 Å². The number of hydrogen-bond donors (Lipinski definition) is 1. The Bertz CT molecular complexity index is 841. The first-order chi connectivity index (χ1) is 12.5. The Balaban J connectivity index is 1.77. The second-order valence-electron chi connectivity index (χ2n) is 6.58. The van der Waals surface area contributed by atoms with Crippen LogP contribution in [0.25, 0.3) is 0 Å². The van der Waals surface area contributed by atoms with Crippen molar-refractivity contribution in [3.05, 3.63) is 48.0 Å². The molecule has 0 atom stereocenters. The van der Waals surface area contributed by atoms with Gasteiger partial charge in [0, 0.05) is 6.07 Å². The number of rotatable bonds is 6. The van der Waals surface area contributed by atoms with Gasteiger partial charge >= 0.3 is 0 Å². The van der Waals surface area contributed by atoms with Gasteiger partial charge in [-0.25, -0.2) is 8.42 Å². The fourth-order valence-electron chi connectivity index (χ4n) is 3.47. The minimum absolute atomic E-state index is 0.256. The maximum absolute atomic E-state index is 12.7. The van der Waals surface area contributed by atoms with Crippen molar-refractivity contribution in [3.63, 3.8) is 0 Å². The van der Waals surface area contributed by atoms with Crippen LogP contribution in [0.15, 0.2) is 47.4 Å². The van der Waals surface area contributed by atoms with Gasteiger partial charge in [0.15, 0.2) is 11.5 Å². The summed E-state index contributed by atoms with van der Waals surface area (Å²) < 4.78 is 38.3. The third kappa shape index (κ3) is 4.12. The Morgan fingerprint density at radius 2 is 1.54 bits per heavy atom. The minimum Gasteiger partial charge on any atom is -0.493 e. The second-order valence-corrected chi connectivity index (χ2v) is 8.26. The average Bonchev–Trinajstić information content (AvgIpc) is 2.68. The van der Waals surface area contributed by atoms with E-state index in [9.17, 15) is 8.42 Å². The van der Waals surface area contributed by atoms with E-state index in [1.807, 2.05) is 12.1 Å². The molecule has 1 fully saturated rings. The lowest BCUT2D eigenvalue weighted by Gasteiger charge is -2.22. The molecule has 26 heavy (non-hydrogen) atoms. The van der Waals surface area contributed by atoms with Crippen LogP contribution >= 0.6 is 0 Å². The SMILES string of the molecule is COc1ccc(NS(=O)(=O)c2ccc(C3CCCCC3)cc2)cc1OC. The van der Waals surface area contributed by atoms with E-state index in [2.05, 4.69) is 4.72 Å². The highest BCUT2D eigenvalue weighted by Crippen LogP contribution is 2.33. The van der Waals surface area contributed by atoms with Crippen LogP contribution in [-0.4, -0.2) is 22.6 Å². The number of methoxy groups -OCH3 is 2. The van der Waals surface area contributed by atoms with Crippen molar-refractivity contribution < 1.29 is 17.9 Å². The van der Waals surface area contributed by atoms with Gasteiger partial charge < -0.3 is 9.47 Å².